The number of nitrogens with zero attached hydrogens (tertiary/aromatic N) is 2. The first-order valence-electron chi connectivity index (χ1n) is 9.20. The third-order valence-electron chi connectivity index (χ3n) is 6.15. The highest BCUT2D eigenvalue weighted by Gasteiger charge is 2.51. The Labute approximate surface area is 147 Å². The number of fused-ring (bicyclic) bond motifs is 2. The van der Waals surface area contributed by atoms with Gasteiger partial charge in [-0.05, 0) is 45.1 Å². The molecule has 25 heavy (non-hydrogen) atoms. The number of rotatable bonds is 2. The molecule has 4 atom stereocenters. The molecule has 2 aliphatic heterocycles. The van der Waals surface area contributed by atoms with Gasteiger partial charge in [0, 0.05) is 23.6 Å². The molecule has 136 valence electrons. The summed E-state index contributed by atoms with van der Waals surface area (Å²) < 4.78 is 7.52. The molecule has 1 aromatic heterocycles. The van der Waals surface area contributed by atoms with E-state index in [4.69, 9.17) is 4.74 Å². The molecule has 6 heteroatoms. The van der Waals surface area contributed by atoms with Crippen LogP contribution in [-0.2, 0) is 17.7 Å². The lowest BCUT2D eigenvalue weighted by Crippen LogP contribution is -2.58. The number of piperidine rings is 1. The molecule has 0 radical (unpaired) electrons. The third kappa shape index (κ3) is 2.96. The van der Waals surface area contributed by atoms with Crippen molar-refractivity contribution in [3.8, 4) is 0 Å². The van der Waals surface area contributed by atoms with Crippen molar-refractivity contribution >= 4 is 6.08 Å². The van der Waals surface area contributed by atoms with E-state index in [1.807, 2.05) is 12.2 Å². The SMILES string of the molecule is CC1C[C@@H]2OC(O)(Cn3cnc4c(c3=O)CCC=C4)C[C@@H]2NC1(C)C. The van der Waals surface area contributed by atoms with E-state index in [0.717, 1.165) is 24.1 Å². The number of aromatic nitrogens is 2. The van der Waals surface area contributed by atoms with Crippen molar-refractivity contribution in [2.24, 2.45) is 5.92 Å². The molecule has 0 aromatic carbocycles. The molecule has 1 aliphatic carbocycles. The molecule has 0 amide bonds. The highest BCUT2D eigenvalue weighted by Crippen LogP contribution is 2.39. The van der Waals surface area contributed by atoms with E-state index in [1.54, 1.807) is 0 Å². The molecular formula is C19H27N3O3. The zero-order chi connectivity index (χ0) is 17.8. The Kier molecular flexibility index (Phi) is 3.90. The number of hydrogen-bond acceptors (Lipinski definition) is 5. The number of nitrogens with one attached hydrogen (secondary N) is 1. The summed E-state index contributed by atoms with van der Waals surface area (Å²) in [7, 11) is 0. The highest BCUT2D eigenvalue weighted by atomic mass is 16.6. The summed E-state index contributed by atoms with van der Waals surface area (Å²) >= 11 is 0. The van der Waals surface area contributed by atoms with Crippen LogP contribution in [0.3, 0.4) is 0 Å². The molecule has 2 saturated heterocycles. The molecule has 3 heterocycles. The van der Waals surface area contributed by atoms with Crippen molar-refractivity contribution in [2.45, 2.75) is 76.5 Å². The second-order valence-corrected chi connectivity index (χ2v) is 8.40. The second kappa shape index (κ2) is 5.76. The Hall–Kier alpha value is -1.50. The van der Waals surface area contributed by atoms with Gasteiger partial charge >= 0.3 is 0 Å². The molecule has 0 bridgehead atoms. The normalized spacial score (nSPS) is 36.1. The minimum atomic E-state index is -1.33. The number of allylic oxidation sites excluding steroid dienone is 1. The Morgan fingerprint density at radius 2 is 2.28 bits per heavy atom. The van der Waals surface area contributed by atoms with Gasteiger partial charge in [0.1, 0.15) is 0 Å². The molecule has 6 nitrogen and oxygen atoms in total. The van der Waals surface area contributed by atoms with E-state index in [2.05, 4.69) is 31.1 Å². The lowest BCUT2D eigenvalue weighted by Gasteiger charge is -2.43. The molecular weight excluding hydrogens is 318 g/mol. The largest absolute Gasteiger partial charge is 0.364 e. The van der Waals surface area contributed by atoms with Crippen molar-refractivity contribution in [3.05, 3.63) is 34.0 Å². The van der Waals surface area contributed by atoms with E-state index in [1.165, 1.54) is 10.9 Å². The van der Waals surface area contributed by atoms with Crippen LogP contribution in [0.15, 0.2) is 17.2 Å². The van der Waals surface area contributed by atoms with E-state index in [-0.39, 0.29) is 29.8 Å². The molecule has 0 saturated carbocycles. The van der Waals surface area contributed by atoms with Crippen LogP contribution in [0.2, 0.25) is 0 Å². The van der Waals surface area contributed by atoms with Crippen molar-refractivity contribution in [2.75, 3.05) is 0 Å². The van der Waals surface area contributed by atoms with Crippen LogP contribution in [0.4, 0.5) is 0 Å². The quantitative estimate of drug-likeness (QED) is 0.849. The van der Waals surface area contributed by atoms with Crippen LogP contribution in [0, 0.1) is 5.92 Å². The lowest BCUT2D eigenvalue weighted by atomic mass is 9.78. The van der Waals surface area contributed by atoms with Gasteiger partial charge in [0.25, 0.3) is 5.56 Å². The van der Waals surface area contributed by atoms with Gasteiger partial charge in [-0.3, -0.25) is 9.36 Å². The first-order valence-corrected chi connectivity index (χ1v) is 9.20. The molecule has 0 spiro atoms. The van der Waals surface area contributed by atoms with Crippen LogP contribution in [0.1, 0.15) is 51.3 Å². The van der Waals surface area contributed by atoms with E-state index in [9.17, 15) is 9.90 Å². The number of hydrogen-bond donors (Lipinski definition) is 2. The van der Waals surface area contributed by atoms with Crippen LogP contribution in [0.25, 0.3) is 6.08 Å². The maximum atomic E-state index is 12.7. The first kappa shape index (κ1) is 16.9. The van der Waals surface area contributed by atoms with Gasteiger partial charge in [0.15, 0.2) is 5.79 Å². The van der Waals surface area contributed by atoms with Gasteiger partial charge in [0.05, 0.1) is 24.7 Å². The van der Waals surface area contributed by atoms with Gasteiger partial charge in [-0.15, -0.1) is 0 Å². The Morgan fingerprint density at radius 3 is 3.08 bits per heavy atom. The van der Waals surface area contributed by atoms with Crippen molar-refractivity contribution in [1.29, 1.82) is 0 Å². The van der Waals surface area contributed by atoms with E-state index >= 15 is 0 Å². The fourth-order valence-electron chi connectivity index (χ4n) is 4.33. The van der Waals surface area contributed by atoms with Gasteiger partial charge in [0.2, 0.25) is 0 Å². The predicted octanol–water partition coefficient (Wildman–Crippen LogP) is 1.46. The summed E-state index contributed by atoms with van der Waals surface area (Å²) in [4.78, 5) is 17.1. The van der Waals surface area contributed by atoms with Crippen LogP contribution >= 0.6 is 0 Å². The summed E-state index contributed by atoms with van der Waals surface area (Å²) in [6, 6.07) is 0.112. The lowest BCUT2D eigenvalue weighted by molar-refractivity contribution is -0.205. The van der Waals surface area contributed by atoms with Crippen LogP contribution in [0.5, 0.6) is 0 Å². The average molecular weight is 345 g/mol. The fraction of sp³-hybridized carbons (Fsp3) is 0.684. The van der Waals surface area contributed by atoms with Crippen LogP contribution in [-0.4, -0.2) is 38.1 Å². The van der Waals surface area contributed by atoms with Crippen molar-refractivity contribution in [3.63, 3.8) is 0 Å². The van der Waals surface area contributed by atoms with E-state index < -0.39 is 5.79 Å². The Bertz CT molecular complexity index is 770. The zero-order valence-corrected chi connectivity index (χ0v) is 15.2. The third-order valence-corrected chi connectivity index (χ3v) is 6.15. The summed E-state index contributed by atoms with van der Waals surface area (Å²) in [5, 5.41) is 14.6. The smallest absolute Gasteiger partial charge is 0.257 e. The van der Waals surface area contributed by atoms with Gasteiger partial charge in [-0.1, -0.05) is 13.0 Å². The van der Waals surface area contributed by atoms with Crippen LogP contribution < -0.4 is 10.9 Å². The summed E-state index contributed by atoms with van der Waals surface area (Å²) in [5.41, 5.74) is 1.43. The second-order valence-electron chi connectivity index (χ2n) is 8.40. The first-order chi connectivity index (χ1) is 11.8. The zero-order valence-electron chi connectivity index (χ0n) is 15.2. The Balaban J connectivity index is 1.56. The highest BCUT2D eigenvalue weighted by molar-refractivity contribution is 5.50. The topological polar surface area (TPSA) is 76.4 Å². The molecule has 4 rings (SSSR count). The number of aliphatic hydroxyl groups is 1. The standard InChI is InChI=1S/C19H27N3O3/c1-12-8-16-15(21-18(12,2)3)9-19(24,25-16)10-22-11-20-14-7-5-4-6-13(14)17(22)23/h5,7,11-12,15-16,21,24H,4,6,8-10H2,1-3H3/t12?,15-,16-,19?/m0/s1. The molecule has 3 aliphatic rings. The molecule has 1 aromatic rings. The van der Waals surface area contributed by atoms with Gasteiger partial charge < -0.3 is 15.2 Å². The Morgan fingerprint density at radius 1 is 1.48 bits per heavy atom. The maximum absolute atomic E-state index is 12.7. The maximum Gasteiger partial charge on any atom is 0.257 e. The fourth-order valence-corrected chi connectivity index (χ4v) is 4.33. The van der Waals surface area contributed by atoms with Crippen molar-refractivity contribution in [1.82, 2.24) is 14.9 Å². The molecule has 2 unspecified atom stereocenters. The summed E-state index contributed by atoms with van der Waals surface area (Å²) in [5.74, 6) is -0.872. The predicted molar refractivity (Wildman–Crippen MR) is 95.1 cm³/mol. The summed E-state index contributed by atoms with van der Waals surface area (Å²) in [6.07, 6.45) is 8.40. The minimum Gasteiger partial charge on any atom is -0.364 e. The summed E-state index contributed by atoms with van der Waals surface area (Å²) in [6.45, 7) is 6.71. The molecule has 2 N–H and O–H groups in total. The van der Waals surface area contributed by atoms with Gasteiger partial charge in [-0.25, -0.2) is 4.98 Å². The van der Waals surface area contributed by atoms with E-state index in [0.29, 0.717) is 18.8 Å². The monoisotopic (exact) mass is 345 g/mol. The minimum absolute atomic E-state index is 0.0164. The van der Waals surface area contributed by atoms with Gasteiger partial charge in [-0.2, -0.15) is 0 Å². The number of ether oxygens (including phenoxy) is 1. The molecule has 2 fully saturated rings. The van der Waals surface area contributed by atoms with Crippen molar-refractivity contribution < 1.29 is 9.84 Å². The average Bonchev–Trinajstić information content (AvgIpc) is 2.85.